The predicted molar refractivity (Wildman–Crippen MR) is 77.4 cm³/mol. The van der Waals surface area contributed by atoms with Crippen LogP contribution in [-0.2, 0) is 0 Å². The highest BCUT2D eigenvalue weighted by molar-refractivity contribution is 4.79. The second kappa shape index (κ2) is 6.88. The largest absolute Gasteiger partial charge is 0.304 e. The van der Waals surface area contributed by atoms with Crippen LogP contribution < -0.4 is 5.43 Å². The molecule has 1 aliphatic carbocycles. The molecule has 3 heteroatoms. The summed E-state index contributed by atoms with van der Waals surface area (Å²) >= 11 is 0. The van der Waals surface area contributed by atoms with Crippen LogP contribution in [0.2, 0.25) is 0 Å². The maximum absolute atomic E-state index is 3.79. The lowest BCUT2D eigenvalue weighted by molar-refractivity contribution is 0.0697. The van der Waals surface area contributed by atoms with Crippen molar-refractivity contribution in [2.24, 2.45) is 11.8 Å². The molecule has 0 spiro atoms. The van der Waals surface area contributed by atoms with Gasteiger partial charge in [0.15, 0.2) is 0 Å². The summed E-state index contributed by atoms with van der Waals surface area (Å²) in [7, 11) is 2.22. The Morgan fingerprint density at radius 2 is 1.83 bits per heavy atom. The van der Waals surface area contributed by atoms with Gasteiger partial charge < -0.3 is 4.90 Å². The number of hydrogen-bond donors (Lipinski definition) is 1. The van der Waals surface area contributed by atoms with Crippen LogP contribution in [-0.4, -0.2) is 49.2 Å². The van der Waals surface area contributed by atoms with Crippen LogP contribution in [0.1, 0.15) is 46.0 Å². The molecule has 2 atom stereocenters. The Morgan fingerprint density at radius 3 is 2.50 bits per heavy atom. The van der Waals surface area contributed by atoms with Crippen molar-refractivity contribution in [1.82, 2.24) is 15.3 Å². The molecule has 1 saturated heterocycles. The fraction of sp³-hybridized carbons (Fsp3) is 1.00. The number of likely N-dealkylation sites (N-methyl/N-ethyl adjacent to an activating group) is 1. The van der Waals surface area contributed by atoms with E-state index in [2.05, 4.69) is 36.2 Å². The van der Waals surface area contributed by atoms with E-state index >= 15 is 0 Å². The Morgan fingerprint density at radius 1 is 1.11 bits per heavy atom. The highest BCUT2D eigenvalue weighted by Crippen LogP contribution is 2.29. The lowest BCUT2D eigenvalue weighted by Gasteiger charge is -2.38. The third-order valence-corrected chi connectivity index (χ3v) is 4.46. The van der Waals surface area contributed by atoms with Crippen molar-refractivity contribution >= 4 is 0 Å². The van der Waals surface area contributed by atoms with E-state index in [1.54, 1.807) is 0 Å². The van der Waals surface area contributed by atoms with Gasteiger partial charge in [-0.2, -0.15) is 0 Å². The first-order valence-corrected chi connectivity index (χ1v) is 7.83. The average molecular weight is 253 g/mol. The van der Waals surface area contributed by atoms with Gasteiger partial charge in [-0.15, -0.1) is 0 Å². The second-order valence-corrected chi connectivity index (χ2v) is 6.78. The third-order valence-electron chi connectivity index (χ3n) is 4.46. The van der Waals surface area contributed by atoms with Gasteiger partial charge in [-0.1, -0.05) is 26.7 Å². The van der Waals surface area contributed by atoms with E-state index in [1.807, 2.05) is 0 Å². The summed E-state index contributed by atoms with van der Waals surface area (Å²) in [6, 6.07) is 0.742. The third kappa shape index (κ3) is 4.52. The molecule has 0 bridgehead atoms. The van der Waals surface area contributed by atoms with Crippen LogP contribution in [0.15, 0.2) is 0 Å². The molecule has 0 amide bonds. The number of hydrogen-bond acceptors (Lipinski definition) is 3. The minimum absolute atomic E-state index is 0.742. The molecule has 3 nitrogen and oxygen atoms in total. The summed E-state index contributed by atoms with van der Waals surface area (Å²) < 4.78 is 0. The van der Waals surface area contributed by atoms with Gasteiger partial charge in [0.1, 0.15) is 0 Å². The number of hydrazine groups is 1. The molecule has 1 N–H and O–H groups in total. The highest BCUT2D eigenvalue weighted by Gasteiger charge is 2.24. The number of nitrogens with zero attached hydrogens (tertiary/aromatic N) is 2. The Kier molecular flexibility index (Phi) is 5.46. The first-order chi connectivity index (χ1) is 8.63. The van der Waals surface area contributed by atoms with Gasteiger partial charge in [0, 0.05) is 32.2 Å². The van der Waals surface area contributed by atoms with Crippen LogP contribution in [0, 0.1) is 11.8 Å². The standard InChI is InChI=1S/C15H31N3/c1-13(2)11-14-5-4-6-15(12-14)16-18-9-7-17(3)8-10-18/h13-16H,4-12H2,1-3H3. The van der Waals surface area contributed by atoms with Gasteiger partial charge in [0.05, 0.1) is 0 Å². The van der Waals surface area contributed by atoms with Gasteiger partial charge >= 0.3 is 0 Å². The van der Waals surface area contributed by atoms with Crippen LogP contribution in [0.4, 0.5) is 0 Å². The minimum atomic E-state index is 0.742. The Labute approximate surface area is 113 Å². The van der Waals surface area contributed by atoms with Crippen molar-refractivity contribution in [3.63, 3.8) is 0 Å². The van der Waals surface area contributed by atoms with E-state index in [-0.39, 0.29) is 0 Å². The first-order valence-electron chi connectivity index (χ1n) is 7.83. The Balaban J connectivity index is 1.72. The van der Waals surface area contributed by atoms with Crippen molar-refractivity contribution in [2.75, 3.05) is 33.2 Å². The van der Waals surface area contributed by atoms with E-state index in [9.17, 15) is 0 Å². The zero-order chi connectivity index (χ0) is 13.0. The van der Waals surface area contributed by atoms with E-state index in [0.29, 0.717) is 0 Å². The molecular weight excluding hydrogens is 222 g/mol. The van der Waals surface area contributed by atoms with Crippen LogP contribution in [0.3, 0.4) is 0 Å². The van der Waals surface area contributed by atoms with E-state index in [4.69, 9.17) is 0 Å². The maximum Gasteiger partial charge on any atom is 0.0259 e. The molecule has 0 aromatic rings. The fourth-order valence-corrected chi connectivity index (χ4v) is 3.48. The molecule has 18 heavy (non-hydrogen) atoms. The summed E-state index contributed by atoms with van der Waals surface area (Å²) in [5.41, 5.74) is 3.79. The highest BCUT2D eigenvalue weighted by atomic mass is 15.5. The van der Waals surface area contributed by atoms with Crippen molar-refractivity contribution in [3.8, 4) is 0 Å². The number of nitrogens with one attached hydrogen (secondary N) is 1. The van der Waals surface area contributed by atoms with Crippen LogP contribution in [0.5, 0.6) is 0 Å². The van der Waals surface area contributed by atoms with Crippen molar-refractivity contribution in [1.29, 1.82) is 0 Å². The average Bonchev–Trinajstić information content (AvgIpc) is 2.32. The Hall–Kier alpha value is -0.120. The summed E-state index contributed by atoms with van der Waals surface area (Å²) in [5.74, 6) is 1.82. The molecule has 1 aliphatic heterocycles. The van der Waals surface area contributed by atoms with Gasteiger partial charge in [-0.25, -0.2) is 5.01 Å². The van der Waals surface area contributed by atoms with Crippen LogP contribution in [0.25, 0.3) is 0 Å². The van der Waals surface area contributed by atoms with Gasteiger partial charge in [0.2, 0.25) is 0 Å². The summed E-state index contributed by atoms with van der Waals surface area (Å²) in [6.07, 6.45) is 7.06. The zero-order valence-electron chi connectivity index (χ0n) is 12.5. The van der Waals surface area contributed by atoms with E-state index < -0.39 is 0 Å². The van der Waals surface area contributed by atoms with Crippen molar-refractivity contribution in [2.45, 2.75) is 52.0 Å². The topological polar surface area (TPSA) is 18.5 Å². The fourth-order valence-electron chi connectivity index (χ4n) is 3.48. The SMILES string of the molecule is CC(C)CC1CCCC(NN2CCN(C)CC2)C1. The molecule has 0 aromatic heterocycles. The second-order valence-electron chi connectivity index (χ2n) is 6.78. The summed E-state index contributed by atoms with van der Waals surface area (Å²) in [5, 5.41) is 2.46. The van der Waals surface area contributed by atoms with Gasteiger partial charge in [0.25, 0.3) is 0 Å². The monoisotopic (exact) mass is 253 g/mol. The molecule has 2 unspecified atom stereocenters. The van der Waals surface area contributed by atoms with E-state index in [0.717, 1.165) is 17.9 Å². The van der Waals surface area contributed by atoms with Gasteiger partial charge in [-0.3, -0.25) is 5.43 Å². The quantitative estimate of drug-likeness (QED) is 0.829. The summed E-state index contributed by atoms with van der Waals surface area (Å²) in [6.45, 7) is 9.49. The molecule has 2 rings (SSSR count). The molecular formula is C15H31N3. The van der Waals surface area contributed by atoms with Crippen molar-refractivity contribution in [3.05, 3.63) is 0 Å². The Bertz CT molecular complexity index is 234. The molecule has 1 heterocycles. The van der Waals surface area contributed by atoms with E-state index in [1.165, 1.54) is 58.3 Å². The molecule has 0 radical (unpaired) electrons. The molecule has 2 aliphatic rings. The minimum Gasteiger partial charge on any atom is -0.304 e. The maximum atomic E-state index is 3.79. The summed E-state index contributed by atoms with van der Waals surface area (Å²) in [4.78, 5) is 2.42. The first kappa shape index (κ1) is 14.3. The smallest absolute Gasteiger partial charge is 0.0259 e. The lowest BCUT2D eigenvalue weighted by Crippen LogP contribution is -2.54. The van der Waals surface area contributed by atoms with Gasteiger partial charge in [-0.05, 0) is 38.1 Å². The zero-order valence-corrected chi connectivity index (χ0v) is 12.5. The predicted octanol–water partition coefficient (Wildman–Crippen LogP) is 2.34. The molecule has 1 saturated carbocycles. The number of rotatable bonds is 4. The van der Waals surface area contributed by atoms with Crippen LogP contribution >= 0.6 is 0 Å². The molecule has 0 aromatic carbocycles. The van der Waals surface area contributed by atoms with Crippen molar-refractivity contribution < 1.29 is 0 Å². The normalized spacial score (nSPS) is 32.0. The number of piperazine rings is 1. The molecule has 106 valence electrons. The molecule has 2 fully saturated rings. The lowest BCUT2D eigenvalue weighted by atomic mass is 9.81.